The molecule has 2 aliphatic rings. The predicted octanol–water partition coefficient (Wildman–Crippen LogP) is 0.123. The van der Waals surface area contributed by atoms with Gasteiger partial charge in [-0.05, 0) is 25.5 Å². The Bertz CT molecular complexity index is 1460. The van der Waals surface area contributed by atoms with Crippen molar-refractivity contribution in [3.8, 4) is 5.75 Å². The van der Waals surface area contributed by atoms with Crippen LogP contribution in [-0.4, -0.2) is 98.9 Å². The fraction of sp³-hybridized carbons (Fsp3) is 0.481. The third kappa shape index (κ3) is 6.42. The van der Waals surface area contributed by atoms with Gasteiger partial charge in [0.25, 0.3) is 11.9 Å². The largest absolute Gasteiger partial charge is 0.505 e. The maximum atomic E-state index is 14.6. The molecule has 2 aliphatic heterocycles. The molecule has 3 amide bonds. The highest BCUT2D eigenvalue weighted by Crippen LogP contribution is 2.26. The number of rotatable bonds is 5. The monoisotopic (exact) mass is 627 g/mol. The molecular weight excluding hydrogens is 598 g/mol. The van der Waals surface area contributed by atoms with Gasteiger partial charge in [0.05, 0.1) is 24.2 Å². The zero-order chi connectivity index (χ0) is 32.5. The summed E-state index contributed by atoms with van der Waals surface area (Å²) in [6.45, 7) is 2.71. The molecule has 13 nitrogen and oxygen atoms in total. The van der Waals surface area contributed by atoms with Crippen molar-refractivity contribution in [3.05, 3.63) is 53.1 Å². The Labute approximate surface area is 247 Å². The number of amides is 3. The second kappa shape index (κ2) is 13.1. The number of ether oxygens (including phenoxy) is 2. The number of nitrogens with one attached hydrogen (secondary N) is 2. The Hall–Kier alpha value is -4.38. The molecule has 2 saturated heterocycles. The summed E-state index contributed by atoms with van der Waals surface area (Å²) in [6, 6.07) is -2.42. The molecule has 0 aromatic carbocycles. The first kappa shape index (κ1) is 32.5. The van der Waals surface area contributed by atoms with E-state index in [9.17, 15) is 47.0 Å². The van der Waals surface area contributed by atoms with Crippen LogP contribution in [0, 0.1) is 29.4 Å². The Morgan fingerprint density at radius 1 is 1.16 bits per heavy atom. The van der Waals surface area contributed by atoms with E-state index in [1.54, 1.807) is 0 Å². The highest BCUT2D eigenvalue weighted by Gasteiger charge is 2.45. The minimum absolute atomic E-state index is 0.278. The van der Waals surface area contributed by atoms with Crippen molar-refractivity contribution >= 4 is 23.7 Å². The summed E-state index contributed by atoms with van der Waals surface area (Å²) in [6.07, 6.45) is -3.73. The number of likely N-dealkylation sites (N-methyl/N-ethyl adjacent to an activating group) is 1. The number of halogens is 4. The Morgan fingerprint density at radius 2 is 1.84 bits per heavy atom. The molecule has 2 fully saturated rings. The van der Waals surface area contributed by atoms with Gasteiger partial charge in [0, 0.05) is 31.8 Å². The van der Waals surface area contributed by atoms with E-state index in [0.29, 0.717) is 6.42 Å². The number of aromatic hydroxyl groups is 1. The van der Waals surface area contributed by atoms with Crippen LogP contribution in [0.2, 0.25) is 0 Å². The van der Waals surface area contributed by atoms with Gasteiger partial charge in [-0.1, -0.05) is 6.92 Å². The second-order valence-corrected chi connectivity index (χ2v) is 10.5. The molecule has 238 valence electrons. The van der Waals surface area contributed by atoms with Crippen molar-refractivity contribution in [2.75, 3.05) is 13.7 Å². The SMILES string of the molecule is C[C@H]1OC(=O)C(C2CCO2)N(C)C(=O)[C@H](C)[C@H](O)[C@H](Cc2c(F)nc(F)c(F)c2F)NC(=O)[C@H]1NC(=O)c1ncccc1O. The molecule has 0 saturated carbocycles. The summed E-state index contributed by atoms with van der Waals surface area (Å²) in [5, 5.41) is 25.8. The van der Waals surface area contributed by atoms with Crippen molar-refractivity contribution in [2.24, 2.45) is 5.92 Å². The molecule has 44 heavy (non-hydrogen) atoms. The number of carbonyl (C=O) groups excluding carboxylic acids is 4. The molecule has 7 atom stereocenters. The number of nitrogens with zero attached hydrogens (tertiary/aromatic N) is 3. The van der Waals surface area contributed by atoms with E-state index < -0.39 is 113 Å². The normalized spacial score (nSPS) is 28.2. The van der Waals surface area contributed by atoms with Gasteiger partial charge in [-0.3, -0.25) is 14.4 Å². The summed E-state index contributed by atoms with van der Waals surface area (Å²) in [5.74, 6) is -14.0. The van der Waals surface area contributed by atoms with E-state index >= 15 is 0 Å². The lowest BCUT2D eigenvalue weighted by atomic mass is 9.90. The van der Waals surface area contributed by atoms with Crippen LogP contribution < -0.4 is 10.6 Å². The average Bonchev–Trinajstić information content (AvgIpc) is 2.95. The van der Waals surface area contributed by atoms with Crippen LogP contribution in [-0.2, 0) is 30.3 Å². The highest BCUT2D eigenvalue weighted by atomic mass is 19.2. The molecule has 0 spiro atoms. The first-order valence-corrected chi connectivity index (χ1v) is 13.4. The number of aliphatic hydroxyl groups excluding tert-OH is 1. The first-order valence-electron chi connectivity index (χ1n) is 13.4. The number of carbonyl (C=O) groups is 4. The standard InChI is InChI=1S/C27H29F4N5O8/c1-10-21(38)13(9-12-16(28)17(29)23(31)35-22(12)30)33-24(39)18(34-25(40)19-14(37)5-4-7-32-19)11(2)44-27(42)20(15-6-8-43-15)36(3)26(10)41/h4-5,7,10-11,13,15,18,20-21,37-38H,6,8-9H2,1-3H3,(H,33,39)(H,34,40)/t10-,11-,13+,15?,18+,20?,21+/m1/s1. The van der Waals surface area contributed by atoms with E-state index in [2.05, 4.69) is 20.6 Å². The number of aromatic nitrogens is 2. The van der Waals surface area contributed by atoms with Crippen LogP contribution in [0.4, 0.5) is 17.6 Å². The molecule has 4 heterocycles. The van der Waals surface area contributed by atoms with Crippen molar-refractivity contribution in [1.82, 2.24) is 25.5 Å². The number of hydrogen-bond donors (Lipinski definition) is 4. The maximum Gasteiger partial charge on any atom is 0.331 e. The Balaban J connectivity index is 1.76. The van der Waals surface area contributed by atoms with Crippen LogP contribution >= 0.6 is 0 Å². The molecule has 4 N–H and O–H groups in total. The van der Waals surface area contributed by atoms with Crippen LogP contribution in [0.5, 0.6) is 5.75 Å². The minimum atomic E-state index is -2.11. The van der Waals surface area contributed by atoms with E-state index in [4.69, 9.17) is 9.47 Å². The third-order valence-corrected chi connectivity index (χ3v) is 7.58. The van der Waals surface area contributed by atoms with E-state index in [1.807, 2.05) is 0 Å². The summed E-state index contributed by atoms with van der Waals surface area (Å²) in [7, 11) is 1.24. The zero-order valence-electron chi connectivity index (χ0n) is 23.6. The van der Waals surface area contributed by atoms with Crippen molar-refractivity contribution < 1.29 is 56.4 Å². The van der Waals surface area contributed by atoms with Crippen LogP contribution in [0.15, 0.2) is 18.3 Å². The summed E-state index contributed by atoms with van der Waals surface area (Å²) >= 11 is 0. The lowest BCUT2D eigenvalue weighted by molar-refractivity contribution is -0.177. The second-order valence-electron chi connectivity index (χ2n) is 10.5. The predicted molar refractivity (Wildman–Crippen MR) is 138 cm³/mol. The molecule has 0 aliphatic carbocycles. The quantitative estimate of drug-likeness (QED) is 0.202. The van der Waals surface area contributed by atoms with Gasteiger partial charge in [-0.25, -0.2) is 14.2 Å². The maximum absolute atomic E-state index is 14.6. The molecule has 2 unspecified atom stereocenters. The number of aliphatic hydroxyl groups is 1. The van der Waals surface area contributed by atoms with Crippen LogP contribution in [0.25, 0.3) is 0 Å². The third-order valence-electron chi connectivity index (χ3n) is 7.58. The molecule has 4 rings (SSSR count). The fourth-order valence-corrected chi connectivity index (χ4v) is 4.95. The van der Waals surface area contributed by atoms with Gasteiger partial charge < -0.3 is 35.2 Å². The van der Waals surface area contributed by atoms with Crippen LogP contribution in [0.1, 0.15) is 36.3 Å². The Kier molecular flexibility index (Phi) is 9.68. The van der Waals surface area contributed by atoms with Crippen LogP contribution in [0.3, 0.4) is 0 Å². The van der Waals surface area contributed by atoms with Gasteiger partial charge in [-0.2, -0.15) is 18.2 Å². The van der Waals surface area contributed by atoms with E-state index in [-0.39, 0.29) is 6.61 Å². The van der Waals surface area contributed by atoms with Gasteiger partial charge in [0.15, 0.2) is 17.6 Å². The zero-order valence-corrected chi connectivity index (χ0v) is 23.6. The average molecular weight is 628 g/mol. The number of cyclic esters (lactones) is 1. The number of pyridine rings is 2. The summed E-state index contributed by atoms with van der Waals surface area (Å²) < 4.78 is 67.5. The van der Waals surface area contributed by atoms with Gasteiger partial charge in [-0.15, -0.1) is 0 Å². The topological polar surface area (TPSA) is 180 Å². The highest BCUT2D eigenvalue weighted by molar-refractivity contribution is 5.98. The number of hydrogen-bond acceptors (Lipinski definition) is 10. The summed E-state index contributed by atoms with van der Waals surface area (Å²) in [4.78, 5) is 60.7. The smallest absolute Gasteiger partial charge is 0.331 e. The van der Waals surface area contributed by atoms with Crippen molar-refractivity contribution in [2.45, 2.75) is 63.1 Å². The first-order chi connectivity index (χ1) is 20.7. The van der Waals surface area contributed by atoms with Gasteiger partial charge in [0.2, 0.25) is 23.6 Å². The van der Waals surface area contributed by atoms with E-state index in [1.165, 1.54) is 33.2 Å². The van der Waals surface area contributed by atoms with Crippen molar-refractivity contribution in [3.63, 3.8) is 0 Å². The molecule has 2 aromatic heterocycles. The fourth-order valence-electron chi connectivity index (χ4n) is 4.95. The summed E-state index contributed by atoms with van der Waals surface area (Å²) in [5.41, 5.74) is -1.65. The molecule has 0 bridgehead atoms. The molecule has 2 aromatic rings. The molecule has 0 radical (unpaired) electrons. The lowest BCUT2D eigenvalue weighted by Crippen LogP contribution is -2.62. The van der Waals surface area contributed by atoms with Gasteiger partial charge >= 0.3 is 5.97 Å². The minimum Gasteiger partial charge on any atom is -0.505 e. The lowest BCUT2D eigenvalue weighted by Gasteiger charge is -2.41. The van der Waals surface area contributed by atoms with Crippen molar-refractivity contribution in [1.29, 1.82) is 0 Å². The number of esters is 1. The molecular formula is C27H29F4N5O8. The Morgan fingerprint density at radius 3 is 2.45 bits per heavy atom. The molecule has 17 heteroatoms. The van der Waals surface area contributed by atoms with Gasteiger partial charge in [0.1, 0.15) is 17.9 Å². The van der Waals surface area contributed by atoms with E-state index in [0.717, 1.165) is 11.0 Å².